The average Bonchev–Trinajstić information content (AvgIpc) is 3.18. The molecule has 1 unspecified atom stereocenters. The zero-order valence-electron chi connectivity index (χ0n) is 24.4. The number of carbonyl (C=O) groups excluding carboxylic acids is 1. The van der Waals surface area contributed by atoms with E-state index in [2.05, 4.69) is 49.2 Å². The number of aromatic nitrogens is 2. The minimum absolute atomic E-state index is 0.0398. The molecule has 1 aliphatic heterocycles. The van der Waals surface area contributed by atoms with Crippen LogP contribution in [0.3, 0.4) is 0 Å². The highest BCUT2D eigenvalue weighted by Gasteiger charge is 2.39. The molecular weight excluding hydrogens is 524 g/mol. The Morgan fingerprint density at radius 3 is 2.48 bits per heavy atom. The fourth-order valence-corrected chi connectivity index (χ4v) is 6.06. The second kappa shape index (κ2) is 11.6. The number of hydrogen-bond donors (Lipinski definition) is 1. The van der Waals surface area contributed by atoms with Gasteiger partial charge in [0.2, 0.25) is 0 Å². The largest absolute Gasteiger partial charge is 0.493 e. The van der Waals surface area contributed by atoms with Crippen molar-refractivity contribution in [3.63, 3.8) is 0 Å². The molecular formula is C31H40N4O4S. The molecule has 0 bridgehead atoms. The summed E-state index contributed by atoms with van der Waals surface area (Å²) < 4.78 is 34.7. The molecule has 1 aromatic carbocycles. The molecule has 1 saturated heterocycles. The number of hydrogen-bond acceptors (Lipinski definition) is 7. The van der Waals surface area contributed by atoms with Gasteiger partial charge in [-0.15, -0.1) is 0 Å². The molecule has 2 aromatic heterocycles. The van der Waals surface area contributed by atoms with Gasteiger partial charge in [0.25, 0.3) is 15.9 Å². The van der Waals surface area contributed by atoms with E-state index in [0.29, 0.717) is 42.1 Å². The molecule has 214 valence electrons. The predicted octanol–water partition coefficient (Wildman–Crippen LogP) is 6.05. The van der Waals surface area contributed by atoms with E-state index in [0.717, 1.165) is 17.7 Å². The molecule has 1 atom stereocenters. The second-order valence-corrected chi connectivity index (χ2v) is 13.7. The number of ether oxygens (including phenoxy) is 1. The molecule has 0 radical (unpaired) electrons. The first kappa shape index (κ1) is 29.5. The zero-order valence-corrected chi connectivity index (χ0v) is 25.2. The Morgan fingerprint density at radius 2 is 1.82 bits per heavy atom. The third-order valence-electron chi connectivity index (χ3n) is 7.03. The Kier molecular flexibility index (Phi) is 8.54. The highest BCUT2D eigenvalue weighted by Crippen LogP contribution is 2.38. The van der Waals surface area contributed by atoms with Crippen molar-refractivity contribution in [2.24, 2.45) is 11.8 Å². The number of nitrogens with zero attached hydrogens (tertiary/aromatic N) is 3. The van der Waals surface area contributed by atoms with E-state index < -0.39 is 15.9 Å². The summed E-state index contributed by atoms with van der Waals surface area (Å²) in [5, 5.41) is -0.192. The Morgan fingerprint density at radius 1 is 1.10 bits per heavy atom. The molecule has 1 fully saturated rings. The van der Waals surface area contributed by atoms with Crippen LogP contribution in [0.5, 0.6) is 5.75 Å². The van der Waals surface area contributed by atoms with Crippen molar-refractivity contribution in [3.8, 4) is 16.9 Å². The van der Waals surface area contributed by atoms with Crippen molar-refractivity contribution in [2.75, 3.05) is 18.1 Å². The predicted molar refractivity (Wildman–Crippen MR) is 158 cm³/mol. The maximum atomic E-state index is 13.7. The van der Waals surface area contributed by atoms with Gasteiger partial charge in [-0.3, -0.25) is 4.79 Å². The normalized spacial score (nSPS) is 16.9. The van der Waals surface area contributed by atoms with E-state index >= 15 is 0 Å². The van der Waals surface area contributed by atoms with Crippen LogP contribution in [0.25, 0.3) is 11.1 Å². The number of anilines is 1. The lowest BCUT2D eigenvalue weighted by molar-refractivity contribution is 0.0981. The summed E-state index contributed by atoms with van der Waals surface area (Å²) in [7, 11) is -4.22. The average molecular weight is 565 g/mol. The lowest BCUT2D eigenvalue weighted by Gasteiger charge is -2.33. The fraction of sp³-hybridized carbons (Fsp3) is 0.452. The summed E-state index contributed by atoms with van der Waals surface area (Å²) in [6, 6.07) is 14.1. The van der Waals surface area contributed by atoms with Crippen LogP contribution in [-0.4, -0.2) is 43.0 Å². The van der Waals surface area contributed by atoms with Gasteiger partial charge >= 0.3 is 0 Å². The first-order chi connectivity index (χ1) is 18.8. The van der Waals surface area contributed by atoms with E-state index in [1.807, 2.05) is 38.1 Å². The maximum Gasteiger partial charge on any atom is 0.281 e. The van der Waals surface area contributed by atoms with Crippen molar-refractivity contribution in [1.29, 1.82) is 0 Å². The van der Waals surface area contributed by atoms with Crippen molar-refractivity contribution >= 4 is 21.7 Å². The Labute approximate surface area is 238 Å². The fourth-order valence-electron chi connectivity index (χ4n) is 5.12. The smallest absolute Gasteiger partial charge is 0.281 e. The van der Waals surface area contributed by atoms with Crippen LogP contribution < -0.4 is 14.4 Å². The Hall–Kier alpha value is -3.46. The number of pyridine rings is 2. The molecule has 1 amide bonds. The van der Waals surface area contributed by atoms with E-state index in [1.54, 1.807) is 24.4 Å². The van der Waals surface area contributed by atoms with Gasteiger partial charge in [0.1, 0.15) is 11.6 Å². The SMILES string of the molecule is CC(C)COc1cccc(-c2cnc(N3CC(C)CC3(C)C)c(C(=O)NS(=O)(=O)c3cccc(C(C)C)n3)c2)c1. The van der Waals surface area contributed by atoms with Gasteiger partial charge in [-0.2, -0.15) is 8.42 Å². The number of rotatable bonds is 9. The summed E-state index contributed by atoms with van der Waals surface area (Å²) >= 11 is 0. The number of nitrogens with one attached hydrogen (secondary N) is 1. The lowest BCUT2D eigenvalue weighted by Crippen LogP contribution is -2.41. The summed E-state index contributed by atoms with van der Waals surface area (Å²) in [6.07, 6.45) is 2.66. The van der Waals surface area contributed by atoms with Gasteiger partial charge in [0, 0.05) is 29.5 Å². The Bertz CT molecular complexity index is 1480. The van der Waals surface area contributed by atoms with Gasteiger partial charge in [-0.25, -0.2) is 14.7 Å². The molecule has 1 aliphatic rings. The third kappa shape index (κ3) is 6.63. The number of carbonyl (C=O) groups is 1. The summed E-state index contributed by atoms with van der Waals surface area (Å²) in [5.41, 5.74) is 2.08. The number of benzene rings is 1. The molecule has 40 heavy (non-hydrogen) atoms. The molecule has 1 N–H and O–H groups in total. The molecule has 9 heteroatoms. The lowest BCUT2D eigenvalue weighted by atomic mass is 9.97. The van der Waals surface area contributed by atoms with Gasteiger partial charge < -0.3 is 9.64 Å². The molecule has 4 rings (SSSR count). The van der Waals surface area contributed by atoms with Crippen molar-refractivity contribution in [1.82, 2.24) is 14.7 Å². The molecule has 3 aromatic rings. The van der Waals surface area contributed by atoms with Gasteiger partial charge in [-0.05, 0) is 73.9 Å². The van der Waals surface area contributed by atoms with Crippen LogP contribution in [0.4, 0.5) is 5.82 Å². The van der Waals surface area contributed by atoms with Crippen LogP contribution in [0.15, 0.2) is 59.8 Å². The van der Waals surface area contributed by atoms with E-state index in [-0.39, 0.29) is 22.0 Å². The quantitative estimate of drug-likeness (QED) is 0.338. The van der Waals surface area contributed by atoms with Gasteiger partial charge in [0.05, 0.1) is 12.2 Å². The maximum absolute atomic E-state index is 13.7. The standard InChI is InChI=1S/C31H40N4O4S/c1-20(2)19-39-25-11-8-10-23(14-25)24-15-26(29(32-17-24)35-18-22(5)16-31(35,6)7)30(36)34-40(37,38)28-13-9-12-27(33-28)21(3)4/h8-15,17,20-22H,16,18-19H2,1-7H3,(H,34,36). The van der Waals surface area contributed by atoms with Crippen molar-refractivity contribution < 1.29 is 17.9 Å². The first-order valence-electron chi connectivity index (χ1n) is 13.8. The third-order valence-corrected chi connectivity index (χ3v) is 8.26. The van der Waals surface area contributed by atoms with E-state index in [1.165, 1.54) is 6.07 Å². The zero-order chi connectivity index (χ0) is 29.2. The molecule has 8 nitrogen and oxygen atoms in total. The summed E-state index contributed by atoms with van der Waals surface area (Å²) in [6.45, 7) is 15.7. The highest BCUT2D eigenvalue weighted by molar-refractivity contribution is 7.90. The number of sulfonamides is 1. The molecule has 3 heterocycles. The van der Waals surface area contributed by atoms with Crippen LogP contribution >= 0.6 is 0 Å². The van der Waals surface area contributed by atoms with Crippen LogP contribution in [0.1, 0.15) is 76.9 Å². The molecule has 0 spiro atoms. The van der Waals surface area contributed by atoms with E-state index in [9.17, 15) is 13.2 Å². The van der Waals surface area contributed by atoms with Crippen LogP contribution in [0.2, 0.25) is 0 Å². The summed E-state index contributed by atoms with van der Waals surface area (Å²) in [5.74, 6) is 1.25. The van der Waals surface area contributed by atoms with Crippen LogP contribution in [0, 0.1) is 11.8 Å². The minimum atomic E-state index is -4.22. The summed E-state index contributed by atoms with van der Waals surface area (Å²) in [4.78, 5) is 24.9. The molecule has 0 aliphatic carbocycles. The van der Waals surface area contributed by atoms with Crippen molar-refractivity contribution in [3.05, 3.63) is 66.0 Å². The topological polar surface area (TPSA) is 101 Å². The molecule has 0 saturated carbocycles. The highest BCUT2D eigenvalue weighted by atomic mass is 32.2. The van der Waals surface area contributed by atoms with Crippen LogP contribution in [-0.2, 0) is 10.0 Å². The second-order valence-electron chi connectivity index (χ2n) is 12.1. The monoisotopic (exact) mass is 564 g/mol. The number of amides is 1. The Balaban J connectivity index is 1.75. The minimum Gasteiger partial charge on any atom is -0.493 e. The van der Waals surface area contributed by atoms with Gasteiger partial charge in [-0.1, -0.05) is 52.8 Å². The van der Waals surface area contributed by atoms with Crippen molar-refractivity contribution in [2.45, 2.75) is 71.4 Å². The van der Waals surface area contributed by atoms with Gasteiger partial charge in [0.15, 0.2) is 5.03 Å². The van der Waals surface area contributed by atoms with E-state index in [4.69, 9.17) is 9.72 Å². The first-order valence-corrected chi connectivity index (χ1v) is 15.3.